The topological polar surface area (TPSA) is 78.5 Å². The molecule has 43 heavy (non-hydrogen) atoms. The summed E-state index contributed by atoms with van der Waals surface area (Å²) in [5.41, 5.74) is -3.31. The molecule has 4 aromatic rings. The molecule has 5 rings (SSSR count). The molecule has 1 saturated carbocycles. The molecule has 3 aromatic heterocycles. The largest absolute Gasteiger partial charge is 0.435 e. The van der Waals surface area contributed by atoms with E-state index in [1.54, 1.807) is 6.92 Å². The lowest BCUT2D eigenvalue weighted by Crippen LogP contribution is -2.30. The first kappa shape index (κ1) is 31.8. The average molecular weight is 615 g/mol. The molecule has 0 N–H and O–H groups in total. The molecular weight excluding hydrogens is 588 g/mol. The summed E-state index contributed by atoms with van der Waals surface area (Å²) in [6, 6.07) is 4.72. The lowest BCUT2D eigenvalue weighted by atomic mass is 9.84. The number of hydrogen-bond donors (Lipinski definition) is 0. The molecule has 7 nitrogen and oxygen atoms in total. The Kier molecular flexibility index (Phi) is 9.30. The smallest absolute Gasteiger partial charge is 0.267 e. The van der Waals surface area contributed by atoms with Crippen LogP contribution in [-0.4, -0.2) is 29.5 Å². The number of aromatic nitrogens is 6. The molecule has 15 heteroatoms. The van der Waals surface area contributed by atoms with E-state index in [1.165, 1.54) is 18.2 Å². The Morgan fingerprint density at radius 1 is 0.884 bits per heavy atom. The van der Waals surface area contributed by atoms with Gasteiger partial charge in [0.05, 0.1) is 29.7 Å². The second kappa shape index (κ2) is 12.6. The lowest BCUT2D eigenvalue weighted by molar-refractivity contribution is -0.143. The van der Waals surface area contributed by atoms with Gasteiger partial charge in [0.2, 0.25) is 0 Å². The highest BCUT2D eigenvalue weighted by molar-refractivity contribution is 5.62. The van der Waals surface area contributed by atoms with Crippen molar-refractivity contribution in [3.63, 3.8) is 0 Å². The van der Waals surface area contributed by atoms with E-state index in [0.29, 0.717) is 23.1 Å². The summed E-state index contributed by atoms with van der Waals surface area (Å²) in [6.45, 7) is 0.947. The van der Waals surface area contributed by atoms with E-state index in [2.05, 4.69) is 20.2 Å². The molecule has 0 bridgehead atoms. The molecule has 0 amide bonds. The van der Waals surface area contributed by atoms with Crippen molar-refractivity contribution in [3.05, 3.63) is 93.1 Å². The third-order valence-corrected chi connectivity index (χ3v) is 6.88. The van der Waals surface area contributed by atoms with E-state index in [4.69, 9.17) is 0 Å². The molecule has 0 unspecified atom stereocenters. The Morgan fingerprint density at radius 3 is 2.09 bits per heavy atom. The van der Waals surface area contributed by atoms with Gasteiger partial charge in [-0.25, -0.2) is 18.4 Å². The van der Waals surface area contributed by atoms with Crippen molar-refractivity contribution in [1.82, 2.24) is 29.5 Å². The number of alkyl halides is 6. The van der Waals surface area contributed by atoms with Crippen LogP contribution in [0.5, 0.6) is 0 Å². The van der Waals surface area contributed by atoms with Crippen LogP contribution in [0.4, 0.5) is 35.1 Å². The summed E-state index contributed by atoms with van der Waals surface area (Å²) in [4.78, 5) is 20.3. The van der Waals surface area contributed by atoms with Crippen LogP contribution >= 0.6 is 0 Å². The van der Waals surface area contributed by atoms with Crippen molar-refractivity contribution >= 4 is 0 Å². The highest BCUT2D eigenvalue weighted by Gasteiger charge is 2.39. The average Bonchev–Trinajstić information content (AvgIpc) is 3.32. The molecular formula is C28H26F8N6O. The van der Waals surface area contributed by atoms with Crippen LogP contribution in [0.3, 0.4) is 0 Å². The minimum absolute atomic E-state index is 0.196. The van der Waals surface area contributed by atoms with Gasteiger partial charge < -0.3 is 0 Å². The number of nitrogens with zero attached hydrogens (tertiary/aromatic N) is 6. The van der Waals surface area contributed by atoms with Crippen molar-refractivity contribution in [2.45, 2.75) is 63.8 Å². The van der Waals surface area contributed by atoms with E-state index < -0.39 is 53.2 Å². The number of aryl methyl sites for hydroxylation is 2. The van der Waals surface area contributed by atoms with Gasteiger partial charge in [-0.05, 0) is 49.4 Å². The lowest BCUT2D eigenvalue weighted by Gasteiger charge is -2.22. The predicted octanol–water partition coefficient (Wildman–Crippen LogP) is 6.84. The fourth-order valence-corrected chi connectivity index (χ4v) is 5.02. The van der Waals surface area contributed by atoms with Crippen LogP contribution in [0.15, 0.2) is 47.7 Å². The molecule has 1 fully saturated rings. The van der Waals surface area contributed by atoms with Crippen molar-refractivity contribution in [3.8, 4) is 11.3 Å². The minimum Gasteiger partial charge on any atom is -0.267 e. The van der Waals surface area contributed by atoms with Gasteiger partial charge in [-0.15, -0.1) is 0 Å². The van der Waals surface area contributed by atoms with Crippen LogP contribution in [0.2, 0.25) is 0 Å². The highest BCUT2D eigenvalue weighted by atomic mass is 19.4. The van der Waals surface area contributed by atoms with Crippen molar-refractivity contribution in [2.24, 2.45) is 7.05 Å². The van der Waals surface area contributed by atoms with E-state index in [1.807, 2.05) is 0 Å². The van der Waals surface area contributed by atoms with Crippen LogP contribution < -0.4 is 5.56 Å². The normalized spacial score (nSPS) is 14.4. The molecule has 3 heterocycles. The summed E-state index contributed by atoms with van der Waals surface area (Å²) < 4.78 is 107. The van der Waals surface area contributed by atoms with Crippen LogP contribution in [0.1, 0.15) is 66.2 Å². The van der Waals surface area contributed by atoms with Gasteiger partial charge in [0.15, 0.2) is 11.4 Å². The SMILES string of the molecule is Cc1cc(F)cc(F)c1.Cn1ncc(-c2cc(C3CCCCC3)c(=O)n(Cc3nccnc3C(F)(F)F)n2)c1C(F)(F)F. The molecule has 1 aliphatic carbocycles. The monoisotopic (exact) mass is 614 g/mol. The highest BCUT2D eigenvalue weighted by Crippen LogP contribution is 2.38. The number of benzene rings is 1. The molecule has 0 aliphatic heterocycles. The van der Waals surface area contributed by atoms with Gasteiger partial charge >= 0.3 is 12.4 Å². The van der Waals surface area contributed by atoms with Crippen molar-refractivity contribution < 1.29 is 35.1 Å². The number of hydrogen-bond acceptors (Lipinski definition) is 5. The quantitative estimate of drug-likeness (QED) is 0.235. The van der Waals surface area contributed by atoms with Gasteiger partial charge in [0.25, 0.3) is 5.56 Å². The van der Waals surface area contributed by atoms with Crippen LogP contribution in [-0.2, 0) is 25.9 Å². The van der Waals surface area contributed by atoms with E-state index in [9.17, 15) is 39.9 Å². The standard InChI is InChI=1S/C21H20F6N6O.C7H6F2/c1-32-18(21(25,26)27)14(10-30-32)15-9-13(12-5-3-2-4-6-12)19(34)33(31-15)11-16-17(20(22,23)24)29-8-7-28-16;1-5-2-6(8)4-7(9)3-5/h7-10,12H,2-6,11H2,1H3;2-4H,1H3. The van der Waals surface area contributed by atoms with Gasteiger partial charge in [-0.3, -0.25) is 14.5 Å². The Hall–Kier alpha value is -4.17. The maximum absolute atomic E-state index is 13.7. The minimum atomic E-state index is -4.83. The molecule has 0 spiro atoms. The van der Waals surface area contributed by atoms with E-state index >= 15 is 0 Å². The first-order valence-electron chi connectivity index (χ1n) is 13.2. The number of rotatable bonds is 4. The van der Waals surface area contributed by atoms with Crippen molar-refractivity contribution in [1.29, 1.82) is 0 Å². The van der Waals surface area contributed by atoms with E-state index in [0.717, 1.165) is 55.6 Å². The summed E-state index contributed by atoms with van der Waals surface area (Å²) in [5.74, 6) is -1.27. The Morgan fingerprint density at radius 2 is 1.51 bits per heavy atom. The zero-order chi connectivity index (χ0) is 31.5. The Labute approximate surface area is 240 Å². The summed E-state index contributed by atoms with van der Waals surface area (Å²) in [5, 5.41) is 7.70. The summed E-state index contributed by atoms with van der Waals surface area (Å²) in [7, 11) is 1.12. The first-order chi connectivity index (χ1) is 20.1. The van der Waals surface area contributed by atoms with Gasteiger partial charge in [-0.2, -0.15) is 36.5 Å². The maximum Gasteiger partial charge on any atom is 0.435 e. The fraction of sp³-hybridized carbons (Fsp3) is 0.393. The van der Waals surface area contributed by atoms with Gasteiger partial charge in [-0.1, -0.05) is 19.3 Å². The predicted molar refractivity (Wildman–Crippen MR) is 139 cm³/mol. The summed E-state index contributed by atoms with van der Waals surface area (Å²) >= 11 is 0. The third kappa shape index (κ3) is 7.62. The van der Waals surface area contributed by atoms with Gasteiger partial charge in [0.1, 0.15) is 11.6 Å². The molecule has 0 radical (unpaired) electrons. The molecule has 1 aliphatic rings. The van der Waals surface area contributed by atoms with Crippen molar-refractivity contribution in [2.75, 3.05) is 0 Å². The fourth-order valence-electron chi connectivity index (χ4n) is 5.02. The zero-order valence-corrected chi connectivity index (χ0v) is 23.0. The molecule has 0 saturated heterocycles. The molecule has 1 aromatic carbocycles. The Bertz CT molecular complexity index is 1590. The molecule has 230 valence electrons. The third-order valence-electron chi connectivity index (χ3n) is 6.88. The maximum atomic E-state index is 13.7. The van der Waals surface area contributed by atoms with Crippen LogP contribution in [0, 0.1) is 18.6 Å². The Balaban J connectivity index is 0.000000403. The zero-order valence-electron chi connectivity index (χ0n) is 23.0. The first-order valence-corrected chi connectivity index (χ1v) is 13.2. The summed E-state index contributed by atoms with van der Waals surface area (Å²) in [6.07, 6.45) is -2.75. The van der Waals surface area contributed by atoms with Gasteiger partial charge in [0, 0.05) is 31.1 Å². The van der Waals surface area contributed by atoms with E-state index in [-0.39, 0.29) is 22.7 Å². The second-order valence-corrected chi connectivity index (χ2v) is 10.1. The second-order valence-electron chi connectivity index (χ2n) is 10.1. The molecule has 0 atom stereocenters. The number of halogens is 8. The van der Waals surface area contributed by atoms with Crippen LogP contribution in [0.25, 0.3) is 11.3 Å².